The summed E-state index contributed by atoms with van der Waals surface area (Å²) < 4.78 is 42.7. The van der Waals surface area contributed by atoms with Crippen molar-refractivity contribution in [2.75, 3.05) is 36.4 Å². The molecule has 3 fully saturated rings. The Labute approximate surface area is 288 Å². The summed E-state index contributed by atoms with van der Waals surface area (Å²) in [6.45, 7) is 4.16. The molecule has 12 nitrogen and oxygen atoms in total. The maximum atomic E-state index is 14.5. The Morgan fingerprint density at radius 3 is 2.54 bits per heavy atom. The van der Waals surface area contributed by atoms with Crippen LogP contribution in [0.25, 0.3) is 5.78 Å². The third-order valence-electron chi connectivity index (χ3n) is 11.2. The fraction of sp³-hybridized carbons (Fsp3) is 0.471. The van der Waals surface area contributed by atoms with Gasteiger partial charge in [-0.25, -0.2) is 4.98 Å². The number of amides is 2. The van der Waals surface area contributed by atoms with Crippen LogP contribution in [0.4, 0.5) is 24.8 Å². The highest BCUT2D eigenvalue weighted by Crippen LogP contribution is 2.52. The summed E-state index contributed by atoms with van der Waals surface area (Å²) in [4.78, 5) is 53.9. The van der Waals surface area contributed by atoms with Crippen molar-refractivity contribution in [3.8, 4) is 5.75 Å². The number of aromatic nitrogens is 5. The number of fused-ring (bicyclic) bond motifs is 4. The first-order chi connectivity index (χ1) is 23.8. The number of benzene rings is 1. The van der Waals surface area contributed by atoms with Crippen LogP contribution in [0.5, 0.6) is 5.75 Å². The van der Waals surface area contributed by atoms with Crippen molar-refractivity contribution in [3.05, 3.63) is 74.4 Å². The molecule has 1 saturated carbocycles. The van der Waals surface area contributed by atoms with Crippen LogP contribution < -0.4 is 15.8 Å². The number of hydrogen-bond donors (Lipinski definition) is 2. The predicted molar refractivity (Wildman–Crippen MR) is 176 cm³/mol. The van der Waals surface area contributed by atoms with Gasteiger partial charge in [-0.05, 0) is 80.2 Å². The quantitative estimate of drug-likeness (QED) is 0.309. The fourth-order valence-electron chi connectivity index (χ4n) is 8.36. The number of carbonyl (C=O) groups excluding carboxylic acids is 2. The van der Waals surface area contributed by atoms with Crippen molar-refractivity contribution in [2.45, 2.75) is 57.2 Å². The van der Waals surface area contributed by atoms with E-state index in [1.54, 1.807) is 15.5 Å². The van der Waals surface area contributed by atoms with Gasteiger partial charge in [0.15, 0.2) is 5.69 Å². The number of nitrogens with one attached hydrogen (secondary N) is 1. The molecule has 0 radical (unpaired) electrons. The predicted octanol–water partition coefficient (Wildman–Crippen LogP) is 4.51. The van der Waals surface area contributed by atoms with Gasteiger partial charge in [-0.2, -0.15) is 22.7 Å². The standard InChI is InChI=1S/C34H34ClF3N8O4/c1-18-20-15-44(16-21(18)20)31-41-32-45(17-26(48)40-23-7-6-19(14-22(23)35)34(36,37)38)24-4-2-8-33(27(24)29(49)46(32)42-31)9-12-43(13-10-33)30(50)28-25(47)5-3-11-39-28/h3,5-7,11,14,18,20-21,47H,2,4,8-10,12-13,15-17H2,1H3,(H,40,48)/t18?,20-,21+. The zero-order valence-electron chi connectivity index (χ0n) is 27.1. The van der Waals surface area contributed by atoms with E-state index in [2.05, 4.69) is 27.2 Å². The molecule has 2 amide bonds. The number of nitrogens with zero attached hydrogens (tertiary/aromatic N) is 7. The summed E-state index contributed by atoms with van der Waals surface area (Å²) in [6.07, 6.45) is -0.285. The van der Waals surface area contributed by atoms with Crippen LogP contribution in [0.15, 0.2) is 41.3 Å². The van der Waals surface area contributed by atoms with Crippen LogP contribution in [0.1, 0.15) is 59.9 Å². The highest BCUT2D eigenvalue weighted by molar-refractivity contribution is 6.33. The Morgan fingerprint density at radius 1 is 1.12 bits per heavy atom. The Bertz CT molecular complexity index is 2100. The Hall–Kier alpha value is -4.66. The van der Waals surface area contributed by atoms with E-state index < -0.39 is 23.1 Å². The molecular weight excluding hydrogens is 677 g/mol. The maximum Gasteiger partial charge on any atom is 0.416 e. The molecule has 0 bridgehead atoms. The number of pyridine rings is 1. The molecule has 16 heteroatoms. The van der Waals surface area contributed by atoms with Crippen LogP contribution >= 0.6 is 11.6 Å². The van der Waals surface area contributed by atoms with Gasteiger partial charge in [0.05, 0.1) is 16.3 Å². The first-order valence-electron chi connectivity index (χ1n) is 16.7. The summed E-state index contributed by atoms with van der Waals surface area (Å²) in [5.74, 6) is 1.21. The number of likely N-dealkylation sites (tertiary alicyclic amines) is 1. The average molecular weight is 711 g/mol. The lowest BCUT2D eigenvalue weighted by Crippen LogP contribution is -2.50. The lowest BCUT2D eigenvalue weighted by atomic mass is 9.66. The molecule has 3 aromatic heterocycles. The number of rotatable bonds is 5. The average Bonchev–Trinajstić information content (AvgIpc) is 3.43. The Balaban J connectivity index is 1.15. The lowest BCUT2D eigenvalue weighted by molar-refractivity contribution is -0.137. The van der Waals surface area contributed by atoms with Crippen LogP contribution in [-0.2, 0) is 29.4 Å². The van der Waals surface area contributed by atoms with Gasteiger partial charge in [0.2, 0.25) is 17.6 Å². The molecule has 4 aromatic rings. The smallest absolute Gasteiger partial charge is 0.416 e. The second kappa shape index (κ2) is 11.7. The summed E-state index contributed by atoms with van der Waals surface area (Å²) in [6, 6.07) is 5.69. The molecule has 8 rings (SSSR count). The van der Waals surface area contributed by atoms with Crippen LogP contribution in [0.3, 0.4) is 0 Å². The van der Waals surface area contributed by atoms with Gasteiger partial charge in [-0.1, -0.05) is 18.5 Å². The molecule has 2 saturated heterocycles. The molecule has 4 aliphatic rings. The van der Waals surface area contributed by atoms with E-state index in [9.17, 15) is 32.7 Å². The minimum absolute atomic E-state index is 0.0237. The van der Waals surface area contributed by atoms with Gasteiger partial charge >= 0.3 is 6.18 Å². The maximum absolute atomic E-state index is 14.5. The summed E-state index contributed by atoms with van der Waals surface area (Å²) in [5.41, 5.74) is -0.657. The van der Waals surface area contributed by atoms with E-state index >= 15 is 0 Å². The zero-order chi connectivity index (χ0) is 35.1. The van der Waals surface area contributed by atoms with Crippen LogP contribution in [0, 0.1) is 17.8 Å². The highest BCUT2D eigenvalue weighted by atomic mass is 35.5. The molecule has 262 valence electrons. The summed E-state index contributed by atoms with van der Waals surface area (Å²) in [5, 5.41) is 17.3. The molecule has 1 unspecified atom stereocenters. The Kier molecular flexibility index (Phi) is 7.62. The summed E-state index contributed by atoms with van der Waals surface area (Å²) >= 11 is 6.15. The van der Waals surface area contributed by atoms with Crippen molar-refractivity contribution >= 4 is 40.8 Å². The Morgan fingerprint density at radius 2 is 1.86 bits per heavy atom. The molecular formula is C34H34ClF3N8O4. The highest BCUT2D eigenvalue weighted by Gasteiger charge is 2.53. The molecule has 1 aromatic carbocycles. The first kappa shape index (κ1) is 32.5. The summed E-state index contributed by atoms with van der Waals surface area (Å²) in [7, 11) is 0. The minimum Gasteiger partial charge on any atom is -0.505 e. The van der Waals surface area contributed by atoms with Crippen molar-refractivity contribution in [3.63, 3.8) is 0 Å². The number of halogens is 4. The van der Waals surface area contributed by atoms with E-state index in [1.807, 2.05) is 0 Å². The molecule has 50 heavy (non-hydrogen) atoms. The largest absolute Gasteiger partial charge is 0.505 e. The molecule has 3 atom stereocenters. The van der Waals surface area contributed by atoms with E-state index in [1.165, 1.54) is 16.8 Å². The SMILES string of the molecule is CC1[C@H]2CN(c3nc4n(CC(=O)Nc5ccc(C(F)(F)F)cc5Cl)c5c(c(=O)n4n3)C3(CCC5)CCN(C(=O)c4ncccc4O)CC3)C[C@@H]12. The van der Waals surface area contributed by atoms with Crippen molar-refractivity contribution in [1.82, 2.24) is 29.0 Å². The molecule has 2 aliphatic carbocycles. The second-order valence-corrected chi connectivity index (χ2v) is 14.4. The van der Waals surface area contributed by atoms with Gasteiger partial charge in [0, 0.05) is 49.0 Å². The van der Waals surface area contributed by atoms with Gasteiger partial charge < -0.3 is 24.8 Å². The van der Waals surface area contributed by atoms with Gasteiger partial charge in [0.1, 0.15) is 12.3 Å². The van der Waals surface area contributed by atoms with Gasteiger partial charge in [-0.3, -0.25) is 14.4 Å². The van der Waals surface area contributed by atoms with Crippen LogP contribution in [-0.4, -0.2) is 72.1 Å². The van der Waals surface area contributed by atoms with E-state index in [-0.39, 0.29) is 45.9 Å². The first-order valence-corrected chi connectivity index (χ1v) is 17.1. The molecule has 5 heterocycles. The fourth-order valence-corrected chi connectivity index (χ4v) is 8.59. The zero-order valence-corrected chi connectivity index (χ0v) is 27.8. The monoisotopic (exact) mass is 710 g/mol. The topological polar surface area (TPSA) is 138 Å². The van der Waals surface area contributed by atoms with Crippen LogP contribution in [0.2, 0.25) is 5.02 Å². The third kappa shape index (κ3) is 5.37. The minimum atomic E-state index is -4.59. The number of carbonyl (C=O) groups is 2. The lowest BCUT2D eigenvalue weighted by Gasteiger charge is -2.45. The third-order valence-corrected chi connectivity index (χ3v) is 11.5. The molecule has 2 aliphatic heterocycles. The normalized spacial score (nSPS) is 22.5. The van der Waals surface area contributed by atoms with Gasteiger partial charge in [0.25, 0.3) is 11.5 Å². The van der Waals surface area contributed by atoms with Crippen molar-refractivity contribution in [1.29, 1.82) is 0 Å². The van der Waals surface area contributed by atoms with E-state index in [4.69, 9.17) is 16.6 Å². The number of aromatic hydroxyl groups is 1. The molecule has 2 N–H and O–H groups in total. The number of piperidine rings is 2. The van der Waals surface area contributed by atoms with E-state index in [0.29, 0.717) is 73.7 Å². The number of anilines is 2. The number of alkyl halides is 3. The van der Waals surface area contributed by atoms with Crippen molar-refractivity contribution in [2.24, 2.45) is 17.8 Å². The molecule has 1 spiro atoms. The van der Waals surface area contributed by atoms with Crippen molar-refractivity contribution < 1.29 is 27.9 Å². The van der Waals surface area contributed by atoms with Gasteiger partial charge in [-0.15, -0.1) is 5.10 Å². The van der Waals surface area contributed by atoms with E-state index in [0.717, 1.165) is 37.7 Å². The second-order valence-electron chi connectivity index (χ2n) is 14.0. The number of hydrogen-bond acceptors (Lipinski definition) is 8.